The Balaban J connectivity index is 0.000000126. The van der Waals surface area contributed by atoms with Crippen LogP contribution >= 0.6 is 24.8 Å². The number of nitrogens with one attached hydrogen (secondary N) is 2. The molecule has 5 saturated heterocycles. The third-order valence-corrected chi connectivity index (χ3v) is 26.5. The molecule has 2 N–H and O–H groups in total. The van der Waals surface area contributed by atoms with Gasteiger partial charge in [-0.05, 0) is 325 Å². The van der Waals surface area contributed by atoms with Crippen LogP contribution in [-0.2, 0) is 51.7 Å². The molecule has 12 heteroatoms. The van der Waals surface area contributed by atoms with E-state index in [2.05, 4.69) is 212 Å². The molecule has 5 heterocycles. The summed E-state index contributed by atoms with van der Waals surface area (Å²) in [6.45, 7) is 20.1. The molecule has 0 bridgehead atoms. The normalized spacial score (nSPS) is 24.2. The lowest BCUT2D eigenvalue weighted by Gasteiger charge is -2.45. The molecule has 8 aromatic carbocycles. The molecule has 0 aromatic heterocycles. The minimum absolute atomic E-state index is 0. The minimum Gasteiger partial charge on any atom is -0.496 e. The summed E-state index contributed by atoms with van der Waals surface area (Å²) < 4.78 is 28.4. The van der Waals surface area contributed by atoms with Gasteiger partial charge < -0.3 is 34.3 Å². The summed E-state index contributed by atoms with van der Waals surface area (Å²) in [6.07, 6.45) is 25.1. The number of methoxy groups -OCH3 is 5. The summed E-state index contributed by atoms with van der Waals surface area (Å²) in [5.41, 5.74) is 25.7. The van der Waals surface area contributed by atoms with Gasteiger partial charge in [0.15, 0.2) is 0 Å². The predicted octanol–water partition coefficient (Wildman–Crippen LogP) is 20.5. The van der Waals surface area contributed by atoms with Crippen molar-refractivity contribution >= 4 is 24.8 Å². The molecule has 10 atom stereocenters. The molecule has 10 nitrogen and oxygen atoms in total. The number of fused-ring (bicyclic) bond motifs is 15. The third-order valence-electron chi connectivity index (χ3n) is 26.5. The molecule has 5 aliphatic carbocycles. The van der Waals surface area contributed by atoms with Crippen LogP contribution in [0.3, 0.4) is 0 Å². The third kappa shape index (κ3) is 17.6. The molecule has 8 aromatic rings. The van der Waals surface area contributed by atoms with Crippen molar-refractivity contribution in [1.29, 1.82) is 0 Å². The highest BCUT2D eigenvalue weighted by Gasteiger charge is 2.42. The van der Waals surface area contributed by atoms with Gasteiger partial charge in [-0.2, -0.15) is 0 Å². The van der Waals surface area contributed by atoms with Crippen molar-refractivity contribution in [2.45, 2.75) is 242 Å². The van der Waals surface area contributed by atoms with Gasteiger partial charge in [-0.3, -0.25) is 14.7 Å². The molecule has 578 valence electrons. The van der Waals surface area contributed by atoms with Crippen molar-refractivity contribution in [3.8, 4) is 28.7 Å². The lowest BCUT2D eigenvalue weighted by molar-refractivity contribution is 0.104. The lowest BCUT2D eigenvalue weighted by Crippen LogP contribution is -2.45. The summed E-state index contributed by atoms with van der Waals surface area (Å²) in [6, 6.07) is 59.2. The van der Waals surface area contributed by atoms with Crippen LogP contribution in [0.2, 0.25) is 0 Å². The minimum atomic E-state index is 0. The standard InChI is InChI=1S/3C22H27NO.2C15H21NO.2ClH/c3*1-16-10-11-18-19-9-6-14-23(15-17-7-4-3-5-8-17)21(19)13-12-20(18)22(16)24-2;2*1-10-5-6-11-12-4-3-9-16-14(12)8-7-13(11)15(10)17-2;;/h3*3-5,7-8,10-11,19,21H,6,9,12-15H2,1-2H3;2*5-6,12,14,16H,3-4,7-9H2,1-2H3;2*1H/t19?,21-;2*19-,21+;2*12-,14+;;/m01010../s1. The van der Waals surface area contributed by atoms with E-state index in [1.54, 1.807) is 30.9 Å². The molecular formula is C96H125Cl2N5O5. The zero-order valence-corrected chi connectivity index (χ0v) is 68.3. The predicted molar refractivity (Wildman–Crippen MR) is 450 cm³/mol. The van der Waals surface area contributed by atoms with Crippen molar-refractivity contribution in [3.63, 3.8) is 0 Å². The van der Waals surface area contributed by atoms with Gasteiger partial charge in [0.25, 0.3) is 0 Å². The van der Waals surface area contributed by atoms with Gasteiger partial charge in [0.1, 0.15) is 28.7 Å². The molecule has 0 spiro atoms. The molecule has 0 saturated carbocycles. The van der Waals surface area contributed by atoms with Gasteiger partial charge in [0.2, 0.25) is 0 Å². The lowest BCUT2D eigenvalue weighted by atomic mass is 9.73. The second-order valence-corrected chi connectivity index (χ2v) is 32.5. The highest BCUT2D eigenvalue weighted by molar-refractivity contribution is 5.85. The average molecular weight is 1500 g/mol. The average Bonchev–Trinajstić information content (AvgIpc) is 0.740. The second-order valence-electron chi connectivity index (χ2n) is 32.5. The Labute approximate surface area is 661 Å². The van der Waals surface area contributed by atoms with Crippen molar-refractivity contribution in [2.24, 2.45) is 0 Å². The largest absolute Gasteiger partial charge is 0.496 e. The summed E-state index contributed by atoms with van der Waals surface area (Å²) in [4.78, 5) is 8.16. The summed E-state index contributed by atoms with van der Waals surface area (Å²) >= 11 is 0. The fourth-order valence-electron chi connectivity index (χ4n) is 21.6. The fourth-order valence-corrected chi connectivity index (χ4v) is 21.6. The summed E-state index contributed by atoms with van der Waals surface area (Å²) in [7, 11) is 9.05. The van der Waals surface area contributed by atoms with Crippen molar-refractivity contribution < 1.29 is 23.7 Å². The maximum atomic E-state index is 5.73. The van der Waals surface area contributed by atoms with E-state index < -0.39 is 0 Å². The SMILES string of the molecule is COc1c(C)ccc2c1CC[C@@H]1NCCC[C@H]21.COc1c(C)ccc2c1CC[C@@H]1[C@H]2CCCN1Cc1ccccc1.COc1c(C)ccc2c1CC[C@H]1C2CCCN1Cc1ccccc1.COc1c(C)ccc2c1CC[C@H]1NCCC[C@@H]21.COc1c(C)ccc2c1CC[C@H]1[C@@H]2CCCN1Cc1ccccc1.Cl.Cl. The van der Waals surface area contributed by atoms with Crippen LogP contribution in [0.15, 0.2) is 152 Å². The Hall–Kier alpha value is -6.86. The van der Waals surface area contributed by atoms with E-state index >= 15 is 0 Å². The monoisotopic (exact) mass is 1500 g/mol. The number of piperidine rings is 5. The molecule has 18 rings (SSSR count). The summed E-state index contributed by atoms with van der Waals surface area (Å²) in [5, 5.41) is 7.35. The van der Waals surface area contributed by atoms with Crippen molar-refractivity contribution in [1.82, 2.24) is 25.3 Å². The molecule has 0 radical (unpaired) electrons. The molecule has 0 amide bonds. The van der Waals surface area contributed by atoms with E-state index in [0.29, 0.717) is 59.8 Å². The van der Waals surface area contributed by atoms with Gasteiger partial charge in [-0.1, -0.05) is 152 Å². The van der Waals surface area contributed by atoms with E-state index in [1.807, 2.05) is 21.3 Å². The number of benzene rings is 8. The number of hydrogen-bond donors (Lipinski definition) is 2. The molecule has 5 aliphatic heterocycles. The first-order chi connectivity index (χ1) is 51.9. The van der Waals surface area contributed by atoms with Gasteiger partial charge in [0, 0.05) is 49.8 Å². The van der Waals surface area contributed by atoms with Crippen molar-refractivity contribution in [2.75, 3.05) is 68.3 Å². The Bertz CT molecular complexity index is 3850. The number of nitrogens with zero attached hydrogens (tertiary/aromatic N) is 3. The number of aryl methyl sites for hydroxylation is 5. The van der Waals surface area contributed by atoms with Crippen LogP contribution in [0.5, 0.6) is 28.7 Å². The number of ether oxygens (including phenoxy) is 5. The number of likely N-dealkylation sites (tertiary alicyclic amines) is 3. The van der Waals surface area contributed by atoms with Gasteiger partial charge in [-0.25, -0.2) is 0 Å². The first-order valence-electron chi connectivity index (χ1n) is 41.1. The zero-order chi connectivity index (χ0) is 73.2. The molecule has 10 aliphatic rings. The maximum Gasteiger partial charge on any atom is 0.125 e. The van der Waals surface area contributed by atoms with E-state index in [4.69, 9.17) is 23.7 Å². The zero-order valence-electron chi connectivity index (χ0n) is 66.7. The van der Waals surface area contributed by atoms with E-state index in [-0.39, 0.29) is 24.8 Å². The quantitative estimate of drug-likeness (QED) is 0.131. The topological polar surface area (TPSA) is 79.9 Å². The van der Waals surface area contributed by atoms with Crippen molar-refractivity contribution in [3.05, 3.63) is 252 Å². The first-order valence-corrected chi connectivity index (χ1v) is 41.1. The van der Waals surface area contributed by atoms with E-state index in [0.717, 1.165) is 80.5 Å². The molecule has 1 unspecified atom stereocenters. The van der Waals surface area contributed by atoms with Crippen LogP contribution in [0.1, 0.15) is 226 Å². The van der Waals surface area contributed by atoms with Gasteiger partial charge in [-0.15, -0.1) is 24.8 Å². The highest BCUT2D eigenvalue weighted by atomic mass is 35.5. The molecule has 5 fully saturated rings. The van der Waals surface area contributed by atoms with Crippen LogP contribution in [-0.4, -0.2) is 113 Å². The maximum absolute atomic E-state index is 5.73. The van der Waals surface area contributed by atoms with E-state index in [1.165, 1.54) is 212 Å². The van der Waals surface area contributed by atoms with Crippen LogP contribution in [0.25, 0.3) is 0 Å². The van der Waals surface area contributed by atoms with Crippen LogP contribution in [0.4, 0.5) is 0 Å². The summed E-state index contributed by atoms with van der Waals surface area (Å²) in [5.74, 6) is 9.08. The number of hydrogen-bond acceptors (Lipinski definition) is 10. The number of halogens is 2. The first kappa shape index (κ1) is 80.7. The second kappa shape index (κ2) is 37.9. The highest BCUT2D eigenvalue weighted by Crippen LogP contribution is 2.50. The Morgan fingerprint density at radius 3 is 0.787 bits per heavy atom. The smallest absolute Gasteiger partial charge is 0.125 e. The fraction of sp³-hybridized carbons (Fsp3) is 0.500. The number of rotatable bonds is 11. The van der Waals surface area contributed by atoms with Crippen LogP contribution < -0.4 is 34.3 Å². The Morgan fingerprint density at radius 1 is 0.287 bits per heavy atom. The van der Waals surface area contributed by atoms with Gasteiger partial charge >= 0.3 is 0 Å². The Kier molecular flexibility index (Phi) is 28.3. The Morgan fingerprint density at radius 2 is 0.528 bits per heavy atom. The molecular weight excluding hydrogens is 1370 g/mol. The van der Waals surface area contributed by atoms with Gasteiger partial charge in [0.05, 0.1) is 35.5 Å². The van der Waals surface area contributed by atoms with E-state index in [9.17, 15) is 0 Å². The van der Waals surface area contributed by atoms with Crippen LogP contribution in [0, 0.1) is 34.6 Å². The molecule has 108 heavy (non-hydrogen) atoms.